The van der Waals surface area contributed by atoms with Crippen LogP contribution < -0.4 is 4.18 Å². The highest BCUT2D eigenvalue weighted by atomic mass is 32.2. The normalized spacial score (nSPS) is 11.1. The predicted molar refractivity (Wildman–Crippen MR) is 102 cm³/mol. The third-order valence-electron chi connectivity index (χ3n) is 3.70. The van der Waals surface area contributed by atoms with E-state index in [1.54, 1.807) is 12.1 Å². The van der Waals surface area contributed by atoms with Crippen LogP contribution in [0.25, 0.3) is 0 Å². The van der Waals surface area contributed by atoms with Crippen molar-refractivity contribution in [1.29, 1.82) is 0 Å². The van der Waals surface area contributed by atoms with E-state index in [0.29, 0.717) is 11.1 Å². The molecule has 0 atom stereocenters. The van der Waals surface area contributed by atoms with Crippen LogP contribution in [0.15, 0.2) is 48.5 Å². The molecule has 0 aliphatic heterocycles. The largest absolute Gasteiger partial charge is 0.383 e. The maximum absolute atomic E-state index is 12.8. The standard InChI is InChI=1S/C18H20N2O7S/c1-26-11-10-19(18(21)15-6-8-16(9-7-15)20(22)23)13-14-4-3-5-17(12-14)27-28(2,24)25/h3-9,12H,10-11,13H2,1-2H3. The van der Waals surface area contributed by atoms with E-state index < -0.39 is 15.0 Å². The fourth-order valence-corrected chi connectivity index (χ4v) is 2.91. The number of methoxy groups -OCH3 is 1. The highest BCUT2D eigenvalue weighted by Gasteiger charge is 2.18. The Labute approximate surface area is 162 Å². The first kappa shape index (κ1) is 21.3. The lowest BCUT2D eigenvalue weighted by Gasteiger charge is -2.23. The van der Waals surface area contributed by atoms with Gasteiger partial charge in [0, 0.05) is 37.9 Å². The molecular weight excluding hydrogens is 388 g/mol. The summed E-state index contributed by atoms with van der Waals surface area (Å²) in [6, 6.07) is 11.7. The number of nitrogens with zero attached hydrogens (tertiary/aromatic N) is 2. The fraction of sp³-hybridized carbons (Fsp3) is 0.278. The van der Waals surface area contributed by atoms with Crippen LogP contribution in [-0.4, -0.2) is 50.7 Å². The van der Waals surface area contributed by atoms with Crippen LogP contribution >= 0.6 is 0 Å². The Morgan fingerprint density at radius 3 is 2.43 bits per heavy atom. The number of ether oxygens (including phenoxy) is 1. The van der Waals surface area contributed by atoms with Crippen molar-refractivity contribution in [3.05, 3.63) is 69.8 Å². The summed E-state index contributed by atoms with van der Waals surface area (Å²) in [5.41, 5.74) is 0.850. The maximum Gasteiger partial charge on any atom is 0.306 e. The summed E-state index contributed by atoms with van der Waals surface area (Å²) in [5.74, 6) is -0.184. The van der Waals surface area contributed by atoms with E-state index in [1.807, 2.05) is 0 Å². The highest BCUT2D eigenvalue weighted by molar-refractivity contribution is 7.86. The Morgan fingerprint density at radius 1 is 1.18 bits per heavy atom. The van der Waals surface area contributed by atoms with Gasteiger partial charge in [0.25, 0.3) is 11.6 Å². The molecule has 0 saturated carbocycles. The number of hydrogen-bond donors (Lipinski definition) is 0. The Morgan fingerprint density at radius 2 is 1.86 bits per heavy atom. The molecule has 0 radical (unpaired) electrons. The first-order chi connectivity index (χ1) is 13.2. The summed E-state index contributed by atoms with van der Waals surface area (Å²) in [6.07, 6.45) is 0.947. The molecule has 2 rings (SSSR count). The number of carbonyl (C=O) groups is 1. The van der Waals surface area contributed by atoms with Gasteiger partial charge in [-0.05, 0) is 29.8 Å². The smallest absolute Gasteiger partial charge is 0.306 e. The average molecular weight is 408 g/mol. The Balaban J connectivity index is 2.22. The van der Waals surface area contributed by atoms with E-state index in [9.17, 15) is 23.3 Å². The first-order valence-corrected chi connectivity index (χ1v) is 10.0. The van der Waals surface area contributed by atoms with Gasteiger partial charge in [-0.1, -0.05) is 12.1 Å². The van der Waals surface area contributed by atoms with Gasteiger partial charge in [-0.15, -0.1) is 0 Å². The van der Waals surface area contributed by atoms with Crippen molar-refractivity contribution in [2.75, 3.05) is 26.5 Å². The van der Waals surface area contributed by atoms with E-state index in [2.05, 4.69) is 0 Å². The number of benzene rings is 2. The molecule has 150 valence electrons. The SMILES string of the molecule is COCCN(Cc1cccc(OS(C)(=O)=O)c1)C(=O)c1ccc([N+](=O)[O-])cc1. The maximum atomic E-state index is 12.8. The minimum absolute atomic E-state index is 0.106. The Bertz CT molecular complexity index is 943. The topological polar surface area (TPSA) is 116 Å². The zero-order chi connectivity index (χ0) is 20.7. The fourth-order valence-electron chi connectivity index (χ4n) is 2.45. The van der Waals surface area contributed by atoms with Gasteiger partial charge < -0.3 is 13.8 Å². The molecule has 10 heteroatoms. The van der Waals surface area contributed by atoms with E-state index in [4.69, 9.17) is 8.92 Å². The monoisotopic (exact) mass is 408 g/mol. The minimum atomic E-state index is -3.66. The lowest BCUT2D eigenvalue weighted by atomic mass is 10.1. The molecular formula is C18H20N2O7S. The molecule has 2 aromatic carbocycles. The molecule has 0 aliphatic carbocycles. The van der Waals surface area contributed by atoms with Crippen LogP contribution in [0.1, 0.15) is 15.9 Å². The van der Waals surface area contributed by atoms with E-state index in [-0.39, 0.29) is 37.0 Å². The van der Waals surface area contributed by atoms with Crippen molar-refractivity contribution >= 4 is 21.7 Å². The van der Waals surface area contributed by atoms with Crippen molar-refractivity contribution in [3.8, 4) is 5.75 Å². The van der Waals surface area contributed by atoms with Gasteiger partial charge in [0.2, 0.25) is 0 Å². The van der Waals surface area contributed by atoms with E-state index >= 15 is 0 Å². The molecule has 9 nitrogen and oxygen atoms in total. The summed E-state index contributed by atoms with van der Waals surface area (Å²) in [5, 5.41) is 10.8. The van der Waals surface area contributed by atoms with Crippen molar-refractivity contribution in [1.82, 2.24) is 4.90 Å². The molecule has 2 aromatic rings. The molecule has 1 amide bonds. The third-order valence-corrected chi connectivity index (χ3v) is 4.19. The van der Waals surface area contributed by atoms with Crippen LogP contribution in [0.2, 0.25) is 0 Å². The second-order valence-corrected chi connectivity index (χ2v) is 7.53. The van der Waals surface area contributed by atoms with Crippen LogP contribution in [0.3, 0.4) is 0 Å². The molecule has 0 aromatic heterocycles. The average Bonchev–Trinajstić information content (AvgIpc) is 2.63. The zero-order valence-corrected chi connectivity index (χ0v) is 16.2. The minimum Gasteiger partial charge on any atom is -0.383 e. The molecule has 0 bridgehead atoms. The number of hydrogen-bond acceptors (Lipinski definition) is 7. The number of nitro groups is 1. The van der Waals surface area contributed by atoms with Crippen molar-refractivity contribution in [2.45, 2.75) is 6.54 Å². The van der Waals surface area contributed by atoms with Gasteiger partial charge in [0.05, 0.1) is 17.8 Å². The zero-order valence-electron chi connectivity index (χ0n) is 15.4. The molecule has 0 heterocycles. The Kier molecular flexibility index (Phi) is 7.07. The molecule has 0 fully saturated rings. The second kappa shape index (κ2) is 9.29. The van der Waals surface area contributed by atoms with Gasteiger partial charge in [-0.3, -0.25) is 14.9 Å². The Hall–Kier alpha value is -2.98. The van der Waals surface area contributed by atoms with Crippen LogP contribution in [0.5, 0.6) is 5.75 Å². The molecule has 0 saturated heterocycles. The first-order valence-electron chi connectivity index (χ1n) is 8.20. The lowest BCUT2D eigenvalue weighted by molar-refractivity contribution is -0.384. The molecule has 0 spiro atoms. The van der Waals surface area contributed by atoms with E-state index in [1.165, 1.54) is 48.4 Å². The molecule has 0 unspecified atom stereocenters. The second-order valence-electron chi connectivity index (χ2n) is 5.96. The van der Waals surface area contributed by atoms with Gasteiger partial charge in [-0.2, -0.15) is 8.42 Å². The van der Waals surface area contributed by atoms with Gasteiger partial charge in [0.15, 0.2) is 0 Å². The summed E-state index contributed by atoms with van der Waals surface area (Å²) in [6.45, 7) is 0.752. The van der Waals surface area contributed by atoms with E-state index in [0.717, 1.165) is 6.26 Å². The summed E-state index contributed by atoms with van der Waals surface area (Å²) >= 11 is 0. The van der Waals surface area contributed by atoms with Crippen LogP contribution in [-0.2, 0) is 21.4 Å². The summed E-state index contributed by atoms with van der Waals surface area (Å²) < 4.78 is 32.5. The van der Waals surface area contributed by atoms with Crippen molar-refractivity contribution in [2.24, 2.45) is 0 Å². The number of carbonyl (C=O) groups excluding carboxylic acids is 1. The third kappa shape index (κ3) is 6.32. The number of amides is 1. The highest BCUT2D eigenvalue weighted by Crippen LogP contribution is 2.19. The van der Waals surface area contributed by atoms with Crippen molar-refractivity contribution < 1.29 is 27.1 Å². The summed E-state index contributed by atoms with van der Waals surface area (Å²) in [4.78, 5) is 24.6. The lowest BCUT2D eigenvalue weighted by Crippen LogP contribution is -2.33. The molecule has 0 aliphatic rings. The van der Waals surface area contributed by atoms with Gasteiger partial charge in [-0.25, -0.2) is 0 Å². The van der Waals surface area contributed by atoms with Gasteiger partial charge >= 0.3 is 10.1 Å². The van der Waals surface area contributed by atoms with Gasteiger partial charge in [0.1, 0.15) is 5.75 Å². The number of nitro benzene ring substituents is 1. The number of non-ortho nitro benzene ring substituents is 1. The van der Waals surface area contributed by atoms with Crippen LogP contribution in [0.4, 0.5) is 5.69 Å². The summed E-state index contributed by atoms with van der Waals surface area (Å²) in [7, 11) is -2.15. The molecule has 0 N–H and O–H groups in total. The van der Waals surface area contributed by atoms with Crippen molar-refractivity contribution in [3.63, 3.8) is 0 Å². The molecule has 28 heavy (non-hydrogen) atoms. The van der Waals surface area contributed by atoms with Crippen LogP contribution in [0, 0.1) is 10.1 Å². The predicted octanol–water partition coefficient (Wildman–Crippen LogP) is 2.22. The quantitative estimate of drug-likeness (QED) is 0.355. The number of rotatable bonds is 9.